The smallest absolute Gasteiger partial charge is 0.661 e. The van der Waals surface area contributed by atoms with Crippen LogP contribution in [-0.4, -0.2) is 54.2 Å². The first-order chi connectivity index (χ1) is 21.7. The molecule has 0 bridgehead atoms. The van der Waals surface area contributed by atoms with Crippen molar-refractivity contribution in [1.82, 2.24) is 0 Å². The van der Waals surface area contributed by atoms with Crippen molar-refractivity contribution in [2.45, 2.75) is 168 Å². The van der Waals surface area contributed by atoms with Gasteiger partial charge in [0.25, 0.3) is 0 Å². The van der Waals surface area contributed by atoms with Crippen molar-refractivity contribution in [2.24, 2.45) is 4.99 Å². The molecule has 2 aromatic rings. The standard InChI is InChI=1S/C41H77N2Si6.Li/c1-29-24-30(2)37(31(3)25-29)42-32(4)26-33(5)43-38-35(40(46(12,13)14)47(15,16)17)27-34(39(44(6,7)8)45(9,10)11)28-36(38)41(48(18,19)20)49(21,22)23;/h24-28,39-41H,1-23H3;/q-1;+1/b32-26+,43-33?;. The Kier molecular flexibility index (Phi) is 15.7. The average Bonchev–Trinajstić information content (AvgIpc) is 2.77. The van der Waals surface area contributed by atoms with Crippen molar-refractivity contribution in [3.63, 3.8) is 0 Å². The van der Waals surface area contributed by atoms with Gasteiger partial charge in [0.15, 0.2) is 0 Å². The van der Waals surface area contributed by atoms with Crippen LogP contribution in [0.5, 0.6) is 0 Å². The Labute approximate surface area is 329 Å². The summed E-state index contributed by atoms with van der Waals surface area (Å²) in [5.74, 6) is 0. The van der Waals surface area contributed by atoms with Crippen molar-refractivity contribution < 1.29 is 18.9 Å². The summed E-state index contributed by atoms with van der Waals surface area (Å²) in [6.07, 6.45) is 2.24. The number of rotatable bonds is 13. The molecule has 276 valence electrons. The molecule has 2 nitrogen and oxygen atoms in total. The largest absolute Gasteiger partial charge is 1.00 e. The molecule has 0 aliphatic rings. The van der Waals surface area contributed by atoms with Crippen LogP contribution in [0.4, 0.5) is 11.4 Å². The van der Waals surface area contributed by atoms with Gasteiger partial charge in [-0.25, -0.2) is 0 Å². The van der Waals surface area contributed by atoms with Crippen molar-refractivity contribution >= 4 is 65.5 Å². The van der Waals surface area contributed by atoms with Crippen LogP contribution in [0.25, 0.3) is 5.32 Å². The van der Waals surface area contributed by atoms with E-state index in [0.29, 0.717) is 15.5 Å². The summed E-state index contributed by atoms with van der Waals surface area (Å²) in [6, 6.07) is 10.00. The van der Waals surface area contributed by atoms with Gasteiger partial charge in [0, 0.05) is 54.2 Å². The van der Waals surface area contributed by atoms with Gasteiger partial charge in [-0.1, -0.05) is 172 Å². The minimum atomic E-state index is -1.64. The molecule has 0 aliphatic carbocycles. The Bertz CT molecular complexity index is 1430. The van der Waals surface area contributed by atoms with Gasteiger partial charge in [0.2, 0.25) is 0 Å². The zero-order valence-electron chi connectivity index (χ0n) is 37.5. The van der Waals surface area contributed by atoms with Crippen LogP contribution < -0.4 is 18.9 Å². The third-order valence-corrected chi connectivity index (χ3v) is 37.9. The molecule has 50 heavy (non-hydrogen) atoms. The Morgan fingerprint density at radius 2 is 0.860 bits per heavy atom. The Hall–Kier alpha value is -0.451. The molecule has 2 rings (SSSR count). The first kappa shape index (κ1) is 47.6. The second kappa shape index (κ2) is 16.5. The van der Waals surface area contributed by atoms with E-state index in [1.807, 2.05) is 0 Å². The van der Waals surface area contributed by atoms with Crippen molar-refractivity contribution in [2.75, 3.05) is 0 Å². The summed E-state index contributed by atoms with van der Waals surface area (Å²) in [6.45, 7) is 58.2. The third-order valence-electron chi connectivity index (χ3n) is 9.97. The van der Waals surface area contributed by atoms with Crippen LogP contribution in [0.1, 0.15) is 62.7 Å². The zero-order valence-corrected chi connectivity index (χ0v) is 43.5. The van der Waals surface area contributed by atoms with Crippen LogP contribution in [-0.2, 0) is 0 Å². The van der Waals surface area contributed by atoms with Gasteiger partial charge in [-0.2, -0.15) is 5.70 Å². The quantitative estimate of drug-likeness (QED) is 0.143. The number of benzene rings is 2. The summed E-state index contributed by atoms with van der Waals surface area (Å²) >= 11 is 0. The molecule has 2 aromatic carbocycles. The van der Waals surface area contributed by atoms with E-state index in [9.17, 15) is 0 Å². The number of nitrogens with zero attached hydrogens (tertiary/aromatic N) is 2. The van der Waals surface area contributed by atoms with Gasteiger partial charge >= 0.3 is 18.9 Å². The molecule has 0 saturated heterocycles. The molecule has 9 heteroatoms. The molecule has 0 aromatic heterocycles. The van der Waals surface area contributed by atoms with Crippen molar-refractivity contribution in [1.29, 1.82) is 0 Å². The van der Waals surface area contributed by atoms with E-state index < -0.39 is 48.4 Å². The van der Waals surface area contributed by atoms with E-state index in [1.165, 1.54) is 22.4 Å². The Morgan fingerprint density at radius 3 is 1.16 bits per heavy atom. The number of allylic oxidation sites excluding steroid dienone is 2. The minimum absolute atomic E-state index is 0. The SMILES string of the molecule is CC(/C=C(\C)[N-]c1c(C)cc(C)cc1C)=Nc1c(C([Si](C)(C)C)[Si](C)(C)C)cc(C([Si](C)(C)C)[Si](C)(C)C)cc1C([Si](C)(C)C)[Si](C)(C)C.[Li+]. The fourth-order valence-electron chi connectivity index (χ4n) is 10.3. The third kappa shape index (κ3) is 12.3. The van der Waals surface area contributed by atoms with Crippen molar-refractivity contribution in [3.8, 4) is 0 Å². The Balaban J connectivity index is 0.0000125. The first-order valence-corrected chi connectivity index (χ1v) is 40.3. The number of aryl methyl sites for hydroxylation is 3. The van der Waals surface area contributed by atoms with Crippen LogP contribution in [0.15, 0.2) is 41.0 Å². The maximum Gasteiger partial charge on any atom is 1.00 e. The zero-order chi connectivity index (χ0) is 38.5. The molecule has 0 saturated carbocycles. The van der Waals surface area contributed by atoms with E-state index in [-0.39, 0.29) is 18.9 Å². The number of aliphatic imine (C=N–C) groups is 1. The average molecular weight is 774 g/mol. The normalized spacial score (nSPS) is 14.5. The second-order valence-corrected chi connectivity index (χ2v) is 55.5. The summed E-state index contributed by atoms with van der Waals surface area (Å²) in [7, 11) is -9.63. The molecular formula is C41H77LiN2Si6. The van der Waals surface area contributed by atoms with Gasteiger partial charge in [-0.3, -0.25) is 4.99 Å². The maximum absolute atomic E-state index is 5.81. The van der Waals surface area contributed by atoms with E-state index in [1.54, 1.807) is 16.7 Å². The predicted octanol–water partition coefficient (Wildman–Crippen LogP) is 11.8. The van der Waals surface area contributed by atoms with Gasteiger partial charge in [0.05, 0.1) is 5.69 Å². The van der Waals surface area contributed by atoms with Gasteiger partial charge in [-0.15, -0.1) is 5.69 Å². The molecule has 0 aliphatic heterocycles. The molecule has 0 spiro atoms. The summed E-state index contributed by atoms with van der Waals surface area (Å²) in [5.41, 5.74) is 13.1. The van der Waals surface area contributed by atoms with Crippen molar-refractivity contribution in [3.05, 3.63) is 74.7 Å². The number of hydrogen-bond donors (Lipinski definition) is 0. The summed E-state index contributed by atoms with van der Waals surface area (Å²) in [5, 5.41) is 7.09. The predicted molar refractivity (Wildman–Crippen MR) is 245 cm³/mol. The monoisotopic (exact) mass is 772 g/mol. The van der Waals surface area contributed by atoms with Crippen LogP contribution in [0, 0.1) is 20.8 Å². The molecule has 0 N–H and O–H groups in total. The van der Waals surface area contributed by atoms with E-state index in [2.05, 4.69) is 183 Å². The van der Waals surface area contributed by atoms with Crippen LogP contribution >= 0.6 is 0 Å². The number of hydrogen-bond acceptors (Lipinski definition) is 1. The summed E-state index contributed by atoms with van der Waals surface area (Å²) in [4.78, 5) is 5.81. The first-order valence-electron chi connectivity index (χ1n) is 18.9. The maximum atomic E-state index is 5.81. The molecule has 0 heterocycles. The van der Waals surface area contributed by atoms with Gasteiger partial charge < -0.3 is 5.32 Å². The second-order valence-electron chi connectivity index (χ2n) is 21.9. The molecule has 0 amide bonds. The summed E-state index contributed by atoms with van der Waals surface area (Å²) < 4.78 is 0. The fraction of sp³-hybridized carbons (Fsp3) is 0.634. The molecule has 0 unspecified atom stereocenters. The molecule has 0 radical (unpaired) electrons. The van der Waals surface area contributed by atoms with E-state index in [4.69, 9.17) is 10.3 Å². The van der Waals surface area contributed by atoms with Crippen LogP contribution in [0.3, 0.4) is 0 Å². The fourth-order valence-corrected chi connectivity index (χ4v) is 48.4. The topological polar surface area (TPSA) is 26.5 Å². The van der Waals surface area contributed by atoms with Gasteiger partial charge in [-0.05, 0) is 59.9 Å². The van der Waals surface area contributed by atoms with E-state index in [0.717, 1.165) is 17.1 Å². The molecular weight excluding hydrogens is 696 g/mol. The van der Waals surface area contributed by atoms with E-state index >= 15 is 0 Å². The molecule has 0 fully saturated rings. The van der Waals surface area contributed by atoms with Crippen LogP contribution in [0.2, 0.25) is 118 Å². The van der Waals surface area contributed by atoms with Gasteiger partial charge in [0.1, 0.15) is 0 Å². The minimum Gasteiger partial charge on any atom is -0.661 e. The molecule has 0 atom stereocenters. The Morgan fingerprint density at radius 1 is 0.540 bits per heavy atom.